The van der Waals surface area contributed by atoms with Crippen molar-refractivity contribution in [3.05, 3.63) is 61.3 Å². The van der Waals surface area contributed by atoms with Crippen LogP contribution in [-0.2, 0) is 0 Å². The smallest absolute Gasteiger partial charge is 0.168 e. The summed E-state index contributed by atoms with van der Waals surface area (Å²) in [7, 11) is 0. The maximum Gasteiger partial charge on any atom is 0.168 e. The SMILES string of the molecule is Nc1ncnc2c1cnn2-c1ccc(-n2cccc2)cc1. The molecule has 0 bridgehead atoms. The molecule has 0 fully saturated rings. The molecule has 0 spiro atoms. The first-order valence-corrected chi connectivity index (χ1v) is 6.51. The van der Waals surface area contributed by atoms with Gasteiger partial charge in [0.2, 0.25) is 0 Å². The van der Waals surface area contributed by atoms with E-state index in [1.807, 2.05) is 53.4 Å². The normalized spacial score (nSPS) is 11.0. The van der Waals surface area contributed by atoms with Gasteiger partial charge in [-0.3, -0.25) is 0 Å². The second-order valence-electron chi connectivity index (χ2n) is 4.66. The third-order valence-electron chi connectivity index (χ3n) is 3.39. The van der Waals surface area contributed by atoms with Crippen molar-refractivity contribution in [3.8, 4) is 11.4 Å². The minimum absolute atomic E-state index is 0.440. The molecule has 1 aromatic carbocycles. The molecule has 0 amide bonds. The first kappa shape index (κ1) is 11.7. The quantitative estimate of drug-likeness (QED) is 0.609. The average Bonchev–Trinajstić information content (AvgIpc) is 3.18. The van der Waals surface area contributed by atoms with Crippen molar-refractivity contribution in [2.75, 3.05) is 5.73 Å². The highest BCUT2D eigenvalue weighted by atomic mass is 15.3. The highest BCUT2D eigenvalue weighted by Crippen LogP contribution is 2.20. The highest BCUT2D eigenvalue weighted by Gasteiger charge is 2.09. The summed E-state index contributed by atoms with van der Waals surface area (Å²) in [6.45, 7) is 0. The molecule has 0 saturated heterocycles. The summed E-state index contributed by atoms with van der Waals surface area (Å²) in [6.07, 6.45) is 7.15. The molecule has 102 valence electrons. The molecule has 0 radical (unpaired) electrons. The van der Waals surface area contributed by atoms with Crippen molar-refractivity contribution in [2.24, 2.45) is 0 Å². The number of nitrogens with two attached hydrogens (primary N) is 1. The molecule has 21 heavy (non-hydrogen) atoms. The number of hydrogen-bond acceptors (Lipinski definition) is 4. The number of rotatable bonds is 2. The van der Waals surface area contributed by atoms with E-state index in [-0.39, 0.29) is 0 Å². The van der Waals surface area contributed by atoms with Gasteiger partial charge >= 0.3 is 0 Å². The Hall–Kier alpha value is -3.15. The molecule has 0 unspecified atom stereocenters. The molecule has 6 nitrogen and oxygen atoms in total. The minimum Gasteiger partial charge on any atom is -0.383 e. The Morgan fingerprint density at radius 2 is 1.62 bits per heavy atom. The molecule has 2 N–H and O–H groups in total. The lowest BCUT2D eigenvalue weighted by molar-refractivity contribution is 0.893. The van der Waals surface area contributed by atoms with E-state index in [4.69, 9.17) is 5.73 Å². The van der Waals surface area contributed by atoms with Crippen LogP contribution in [0, 0.1) is 0 Å². The van der Waals surface area contributed by atoms with Gasteiger partial charge in [0, 0.05) is 18.1 Å². The highest BCUT2D eigenvalue weighted by molar-refractivity contribution is 5.85. The standard InChI is InChI=1S/C15H12N6/c16-14-13-9-19-21(15(13)18-10-17-14)12-5-3-11(4-6-12)20-7-1-2-8-20/h1-10H,(H2,16,17,18). The zero-order valence-corrected chi connectivity index (χ0v) is 11.1. The van der Waals surface area contributed by atoms with Gasteiger partial charge in [0.15, 0.2) is 5.65 Å². The largest absolute Gasteiger partial charge is 0.383 e. The molecular formula is C15H12N6. The Labute approximate surface area is 120 Å². The number of aromatic nitrogens is 5. The van der Waals surface area contributed by atoms with Crippen molar-refractivity contribution >= 4 is 16.9 Å². The fourth-order valence-electron chi connectivity index (χ4n) is 2.32. The number of hydrogen-bond donors (Lipinski definition) is 1. The molecule has 3 heterocycles. The maximum absolute atomic E-state index is 5.83. The summed E-state index contributed by atoms with van der Waals surface area (Å²) in [4.78, 5) is 8.23. The van der Waals surface area contributed by atoms with Crippen molar-refractivity contribution < 1.29 is 0 Å². The van der Waals surface area contributed by atoms with Crippen LogP contribution in [-0.4, -0.2) is 24.3 Å². The van der Waals surface area contributed by atoms with Gasteiger partial charge in [0.1, 0.15) is 12.1 Å². The van der Waals surface area contributed by atoms with Gasteiger partial charge in [-0.2, -0.15) is 5.10 Å². The average molecular weight is 276 g/mol. The van der Waals surface area contributed by atoms with Crippen LogP contribution in [0.2, 0.25) is 0 Å². The Morgan fingerprint density at radius 1 is 0.905 bits per heavy atom. The van der Waals surface area contributed by atoms with Gasteiger partial charge in [-0.1, -0.05) is 0 Å². The Balaban J connectivity index is 1.80. The van der Waals surface area contributed by atoms with E-state index in [0.717, 1.165) is 16.8 Å². The van der Waals surface area contributed by atoms with Gasteiger partial charge in [-0.05, 0) is 36.4 Å². The third-order valence-corrected chi connectivity index (χ3v) is 3.39. The predicted octanol–water partition coefficient (Wildman–Crippen LogP) is 2.19. The number of fused-ring (bicyclic) bond motifs is 1. The minimum atomic E-state index is 0.440. The molecule has 4 aromatic rings. The monoisotopic (exact) mass is 276 g/mol. The Bertz CT molecular complexity index is 890. The predicted molar refractivity (Wildman–Crippen MR) is 80.4 cm³/mol. The fraction of sp³-hybridized carbons (Fsp3) is 0. The van der Waals surface area contributed by atoms with Crippen molar-refractivity contribution in [2.45, 2.75) is 0 Å². The molecule has 0 atom stereocenters. The van der Waals surface area contributed by atoms with Gasteiger partial charge in [0.25, 0.3) is 0 Å². The van der Waals surface area contributed by atoms with Crippen molar-refractivity contribution in [1.82, 2.24) is 24.3 Å². The lowest BCUT2D eigenvalue weighted by Crippen LogP contribution is -1.99. The van der Waals surface area contributed by atoms with Gasteiger partial charge in [0.05, 0.1) is 17.3 Å². The third kappa shape index (κ3) is 1.85. The van der Waals surface area contributed by atoms with Crippen LogP contribution in [0.1, 0.15) is 0 Å². The van der Waals surface area contributed by atoms with E-state index in [1.165, 1.54) is 6.33 Å². The summed E-state index contributed by atoms with van der Waals surface area (Å²) >= 11 is 0. The zero-order chi connectivity index (χ0) is 14.2. The van der Waals surface area contributed by atoms with E-state index < -0.39 is 0 Å². The van der Waals surface area contributed by atoms with Crippen LogP contribution < -0.4 is 5.73 Å². The second-order valence-corrected chi connectivity index (χ2v) is 4.66. The van der Waals surface area contributed by atoms with Crippen LogP contribution in [0.15, 0.2) is 61.3 Å². The summed E-state index contributed by atoms with van der Waals surface area (Å²) in [5.41, 5.74) is 8.55. The lowest BCUT2D eigenvalue weighted by atomic mass is 10.3. The maximum atomic E-state index is 5.83. The first-order chi connectivity index (χ1) is 10.3. The van der Waals surface area contributed by atoms with Gasteiger partial charge in [-0.25, -0.2) is 14.6 Å². The van der Waals surface area contributed by atoms with E-state index in [1.54, 1.807) is 10.9 Å². The molecule has 4 rings (SSSR count). The summed E-state index contributed by atoms with van der Waals surface area (Å²) in [6, 6.07) is 12.1. The van der Waals surface area contributed by atoms with Gasteiger partial charge in [-0.15, -0.1) is 0 Å². The van der Waals surface area contributed by atoms with E-state index in [2.05, 4.69) is 15.1 Å². The lowest BCUT2D eigenvalue weighted by Gasteiger charge is -2.06. The molecule has 6 heteroatoms. The van der Waals surface area contributed by atoms with Crippen LogP contribution in [0.5, 0.6) is 0 Å². The Kier molecular flexibility index (Phi) is 2.47. The number of nitrogens with zero attached hydrogens (tertiary/aromatic N) is 5. The topological polar surface area (TPSA) is 74.6 Å². The number of anilines is 1. The molecule has 0 aliphatic heterocycles. The fourth-order valence-corrected chi connectivity index (χ4v) is 2.32. The van der Waals surface area contributed by atoms with Crippen LogP contribution in [0.4, 0.5) is 5.82 Å². The second kappa shape index (κ2) is 4.45. The summed E-state index contributed by atoms with van der Waals surface area (Å²) in [5.74, 6) is 0.440. The summed E-state index contributed by atoms with van der Waals surface area (Å²) < 4.78 is 3.80. The molecule has 0 aliphatic rings. The number of benzene rings is 1. The number of nitrogen functional groups attached to an aromatic ring is 1. The van der Waals surface area contributed by atoms with Crippen molar-refractivity contribution in [3.63, 3.8) is 0 Å². The van der Waals surface area contributed by atoms with E-state index >= 15 is 0 Å². The molecule has 0 saturated carbocycles. The van der Waals surface area contributed by atoms with Crippen LogP contribution >= 0.6 is 0 Å². The molecule has 0 aliphatic carbocycles. The van der Waals surface area contributed by atoms with E-state index in [9.17, 15) is 0 Å². The van der Waals surface area contributed by atoms with Crippen LogP contribution in [0.25, 0.3) is 22.4 Å². The summed E-state index contributed by atoms with van der Waals surface area (Å²) in [5, 5.41) is 5.10. The Morgan fingerprint density at radius 3 is 2.38 bits per heavy atom. The van der Waals surface area contributed by atoms with Gasteiger partial charge < -0.3 is 10.3 Å². The van der Waals surface area contributed by atoms with Crippen LogP contribution in [0.3, 0.4) is 0 Å². The molecular weight excluding hydrogens is 264 g/mol. The molecule has 3 aromatic heterocycles. The van der Waals surface area contributed by atoms with E-state index in [0.29, 0.717) is 11.5 Å². The zero-order valence-electron chi connectivity index (χ0n) is 11.1. The first-order valence-electron chi connectivity index (χ1n) is 6.51. The van der Waals surface area contributed by atoms with Crippen molar-refractivity contribution in [1.29, 1.82) is 0 Å².